The third kappa shape index (κ3) is 3.05. The van der Waals surface area contributed by atoms with E-state index in [1.54, 1.807) is 11.9 Å². The highest BCUT2D eigenvalue weighted by atomic mass is 16.5. The molecule has 0 bridgehead atoms. The lowest BCUT2D eigenvalue weighted by atomic mass is 10.1. The number of nitrogens with one attached hydrogen (secondary N) is 2. The van der Waals surface area contributed by atoms with E-state index in [0.717, 1.165) is 54.5 Å². The van der Waals surface area contributed by atoms with Gasteiger partial charge >= 0.3 is 0 Å². The van der Waals surface area contributed by atoms with E-state index in [2.05, 4.69) is 20.7 Å². The number of pyridine rings is 1. The fraction of sp³-hybridized carbons (Fsp3) is 0.350. The monoisotopic (exact) mass is 378 g/mol. The Bertz CT molecular complexity index is 1040. The third-order valence-electron chi connectivity index (χ3n) is 5.35. The molecule has 4 heterocycles. The molecule has 2 aliphatic rings. The van der Waals surface area contributed by atoms with Crippen molar-refractivity contribution in [3.05, 3.63) is 42.0 Å². The largest absolute Gasteiger partial charge is 0.381 e. The molecule has 2 aromatic heterocycles. The van der Waals surface area contributed by atoms with Crippen LogP contribution in [-0.4, -0.2) is 46.8 Å². The number of hydrogen-bond donors (Lipinski definition) is 2. The number of nitrogens with zero attached hydrogens (tertiary/aromatic N) is 4. The van der Waals surface area contributed by atoms with Crippen molar-refractivity contribution in [2.24, 2.45) is 0 Å². The molecule has 0 atom stereocenters. The molecular formula is C20H22N6O2. The Hall–Kier alpha value is -3.13. The number of rotatable bonds is 4. The van der Waals surface area contributed by atoms with Crippen LogP contribution in [0.2, 0.25) is 0 Å². The van der Waals surface area contributed by atoms with Crippen LogP contribution in [-0.2, 0) is 16.0 Å². The molecule has 3 aromatic rings. The Balaban J connectivity index is 1.40. The van der Waals surface area contributed by atoms with Gasteiger partial charge in [0.05, 0.1) is 6.42 Å². The highest BCUT2D eigenvalue weighted by Crippen LogP contribution is 2.31. The highest BCUT2D eigenvalue weighted by molar-refractivity contribution is 6.01. The van der Waals surface area contributed by atoms with Gasteiger partial charge in [0.15, 0.2) is 5.65 Å². The lowest BCUT2D eigenvalue weighted by Crippen LogP contribution is -2.28. The Morgan fingerprint density at radius 1 is 1.18 bits per heavy atom. The summed E-state index contributed by atoms with van der Waals surface area (Å²) in [5.41, 5.74) is 3.60. The second-order valence-electron chi connectivity index (χ2n) is 7.25. The van der Waals surface area contributed by atoms with Crippen molar-refractivity contribution in [2.45, 2.75) is 25.3 Å². The van der Waals surface area contributed by atoms with Gasteiger partial charge in [0.2, 0.25) is 11.9 Å². The smallest absolute Gasteiger partial charge is 0.247 e. The number of benzene rings is 1. The maximum absolute atomic E-state index is 11.9. The zero-order valence-corrected chi connectivity index (χ0v) is 15.7. The Labute approximate surface area is 162 Å². The normalized spacial score (nSPS) is 17.2. The average Bonchev–Trinajstić information content (AvgIpc) is 3.24. The maximum atomic E-state index is 11.9. The highest BCUT2D eigenvalue weighted by Gasteiger charge is 2.24. The molecule has 2 N–H and O–H groups in total. The summed E-state index contributed by atoms with van der Waals surface area (Å²) >= 11 is 0. The van der Waals surface area contributed by atoms with Gasteiger partial charge in [-0.1, -0.05) is 12.1 Å². The van der Waals surface area contributed by atoms with Gasteiger partial charge in [0, 0.05) is 37.7 Å². The van der Waals surface area contributed by atoms with Gasteiger partial charge in [0.25, 0.3) is 0 Å². The number of aromatic nitrogens is 3. The van der Waals surface area contributed by atoms with Crippen LogP contribution in [0, 0.1) is 0 Å². The summed E-state index contributed by atoms with van der Waals surface area (Å²) in [6, 6.07) is 12.2. The number of carbonyl (C=O) groups is 1. The Kier molecular flexibility index (Phi) is 4.12. The van der Waals surface area contributed by atoms with Gasteiger partial charge in [-0.25, -0.2) is 0 Å². The van der Waals surface area contributed by atoms with E-state index in [1.807, 2.05) is 40.9 Å². The summed E-state index contributed by atoms with van der Waals surface area (Å²) in [5.74, 6) is 1.55. The van der Waals surface area contributed by atoms with Gasteiger partial charge in [-0.15, -0.1) is 5.10 Å². The summed E-state index contributed by atoms with van der Waals surface area (Å²) < 4.78 is 7.25. The van der Waals surface area contributed by atoms with E-state index in [-0.39, 0.29) is 5.91 Å². The first-order valence-electron chi connectivity index (χ1n) is 9.54. The predicted molar refractivity (Wildman–Crippen MR) is 107 cm³/mol. The third-order valence-corrected chi connectivity index (χ3v) is 5.35. The molecule has 0 unspecified atom stereocenters. The number of fused-ring (bicyclic) bond motifs is 2. The number of likely N-dealkylation sites (N-methyl/N-ethyl adjacent to an activating group) is 1. The standard InChI is InChI=1S/C20H22N6O2/c1-25-16-12-15(6-5-13(16)11-19(25)27)22-20-23-18-4-2-3-17(26(18)24-20)21-14-7-9-28-10-8-14/h2-6,12,14,21H,7-11H2,1H3,(H,22,24). The second-order valence-corrected chi connectivity index (χ2v) is 7.25. The van der Waals surface area contributed by atoms with Crippen molar-refractivity contribution in [1.29, 1.82) is 0 Å². The van der Waals surface area contributed by atoms with Crippen molar-refractivity contribution in [1.82, 2.24) is 14.6 Å². The molecule has 8 nitrogen and oxygen atoms in total. The van der Waals surface area contributed by atoms with E-state index >= 15 is 0 Å². The molecule has 1 fully saturated rings. The maximum Gasteiger partial charge on any atom is 0.247 e. The molecule has 1 aromatic carbocycles. The topological polar surface area (TPSA) is 83.8 Å². The van der Waals surface area contributed by atoms with Crippen molar-refractivity contribution in [3.8, 4) is 0 Å². The molecule has 28 heavy (non-hydrogen) atoms. The number of amides is 1. The van der Waals surface area contributed by atoms with Crippen molar-refractivity contribution in [2.75, 3.05) is 35.8 Å². The average molecular weight is 378 g/mol. The van der Waals surface area contributed by atoms with Crippen LogP contribution in [0.4, 0.5) is 23.1 Å². The lowest BCUT2D eigenvalue weighted by Gasteiger charge is -2.24. The van der Waals surface area contributed by atoms with Crippen LogP contribution in [0.25, 0.3) is 5.65 Å². The molecule has 0 aliphatic carbocycles. The van der Waals surface area contributed by atoms with Crippen molar-refractivity contribution < 1.29 is 9.53 Å². The minimum absolute atomic E-state index is 0.113. The summed E-state index contributed by atoms with van der Waals surface area (Å²) in [6.07, 6.45) is 2.43. The summed E-state index contributed by atoms with van der Waals surface area (Å²) in [6.45, 7) is 1.57. The summed E-state index contributed by atoms with van der Waals surface area (Å²) in [5, 5.41) is 11.4. The van der Waals surface area contributed by atoms with Gasteiger partial charge in [-0.2, -0.15) is 9.50 Å². The van der Waals surface area contributed by atoms with Gasteiger partial charge < -0.3 is 20.3 Å². The van der Waals surface area contributed by atoms with Crippen LogP contribution in [0.15, 0.2) is 36.4 Å². The quantitative estimate of drug-likeness (QED) is 0.726. The molecular weight excluding hydrogens is 356 g/mol. The molecule has 0 radical (unpaired) electrons. The number of anilines is 4. The van der Waals surface area contributed by atoms with Gasteiger partial charge in [0.1, 0.15) is 5.82 Å². The Morgan fingerprint density at radius 3 is 2.89 bits per heavy atom. The molecule has 2 aliphatic heterocycles. The molecule has 0 spiro atoms. The van der Waals surface area contributed by atoms with E-state index < -0.39 is 0 Å². The second kappa shape index (κ2) is 6.79. The van der Waals surface area contributed by atoms with E-state index in [0.29, 0.717) is 18.4 Å². The first-order valence-corrected chi connectivity index (χ1v) is 9.54. The van der Waals surface area contributed by atoms with Crippen LogP contribution < -0.4 is 15.5 Å². The zero-order chi connectivity index (χ0) is 19.1. The summed E-state index contributed by atoms with van der Waals surface area (Å²) in [4.78, 5) is 18.2. The summed E-state index contributed by atoms with van der Waals surface area (Å²) in [7, 11) is 1.80. The molecule has 8 heteroatoms. The van der Waals surface area contributed by atoms with Crippen molar-refractivity contribution >= 4 is 34.7 Å². The van der Waals surface area contributed by atoms with Gasteiger partial charge in [-0.3, -0.25) is 4.79 Å². The molecule has 0 saturated carbocycles. The van der Waals surface area contributed by atoms with E-state index in [1.165, 1.54) is 0 Å². The number of hydrogen-bond acceptors (Lipinski definition) is 6. The molecule has 5 rings (SSSR count). The van der Waals surface area contributed by atoms with Crippen LogP contribution >= 0.6 is 0 Å². The minimum Gasteiger partial charge on any atom is -0.381 e. The fourth-order valence-electron chi connectivity index (χ4n) is 3.77. The van der Waals surface area contributed by atoms with E-state index in [4.69, 9.17) is 4.74 Å². The number of ether oxygens (including phenoxy) is 1. The SMILES string of the molecule is CN1C(=O)Cc2ccc(Nc3nc4cccc(NC5CCOCC5)n4n3)cc21. The lowest BCUT2D eigenvalue weighted by molar-refractivity contribution is -0.117. The molecule has 1 amide bonds. The fourth-order valence-corrected chi connectivity index (χ4v) is 3.77. The molecule has 144 valence electrons. The Morgan fingerprint density at radius 2 is 2.04 bits per heavy atom. The van der Waals surface area contributed by atoms with Crippen LogP contribution in [0.1, 0.15) is 18.4 Å². The van der Waals surface area contributed by atoms with Gasteiger partial charge in [-0.05, 0) is 42.7 Å². The number of carbonyl (C=O) groups excluding carboxylic acids is 1. The molecule has 1 saturated heterocycles. The van der Waals surface area contributed by atoms with Crippen LogP contribution in [0.5, 0.6) is 0 Å². The minimum atomic E-state index is 0.113. The zero-order valence-electron chi connectivity index (χ0n) is 15.7. The first-order chi connectivity index (χ1) is 13.7. The van der Waals surface area contributed by atoms with E-state index in [9.17, 15) is 4.79 Å². The van der Waals surface area contributed by atoms with Crippen molar-refractivity contribution in [3.63, 3.8) is 0 Å². The first kappa shape index (κ1) is 17.0. The van der Waals surface area contributed by atoms with Crippen LogP contribution in [0.3, 0.4) is 0 Å². The predicted octanol–water partition coefficient (Wildman–Crippen LogP) is 2.58.